The van der Waals surface area contributed by atoms with Crippen molar-refractivity contribution in [2.75, 3.05) is 20.4 Å². The predicted octanol–water partition coefficient (Wildman–Crippen LogP) is 5.65. The van der Waals surface area contributed by atoms with Gasteiger partial charge >= 0.3 is 0 Å². The largest absolute Gasteiger partial charge is 0.504 e. The molecule has 1 N–H and O–H groups in total. The van der Waals surface area contributed by atoms with E-state index in [2.05, 4.69) is 46.6 Å². The van der Waals surface area contributed by atoms with Gasteiger partial charge in [-0.05, 0) is 64.8 Å². The van der Waals surface area contributed by atoms with Crippen LogP contribution in [0.25, 0.3) is 0 Å². The van der Waals surface area contributed by atoms with E-state index >= 15 is 0 Å². The summed E-state index contributed by atoms with van der Waals surface area (Å²) in [4.78, 5) is 2.47. The molecule has 1 spiro atoms. The van der Waals surface area contributed by atoms with Crippen molar-refractivity contribution in [3.8, 4) is 11.5 Å². The highest BCUT2D eigenvalue weighted by Gasteiger charge is 2.66. The first-order valence-electron chi connectivity index (χ1n) is 12.8. The fraction of sp³-hybridized carbons (Fsp3) is 0.778. The third kappa shape index (κ3) is 3.95. The highest BCUT2D eigenvalue weighted by Crippen LogP contribution is 2.62. The number of ether oxygens (including phenoxy) is 3. The quantitative estimate of drug-likeness (QED) is 0.602. The Balaban J connectivity index is 0.000000437. The Hall–Kier alpha value is -1.30. The van der Waals surface area contributed by atoms with E-state index in [-0.39, 0.29) is 29.5 Å². The lowest BCUT2D eigenvalue weighted by Gasteiger charge is -2.59. The molecule has 3 aliphatic heterocycles. The molecule has 7 atom stereocenters. The Kier molecular flexibility index (Phi) is 8.16. The highest BCUT2D eigenvalue weighted by atomic mass is 16.7. The van der Waals surface area contributed by atoms with Crippen molar-refractivity contribution in [2.45, 2.75) is 104 Å². The third-order valence-electron chi connectivity index (χ3n) is 8.32. The molecule has 5 nitrogen and oxygen atoms in total. The van der Waals surface area contributed by atoms with Gasteiger partial charge < -0.3 is 24.2 Å². The van der Waals surface area contributed by atoms with Crippen LogP contribution in [-0.2, 0) is 14.9 Å². The monoisotopic (exact) mass is 447 g/mol. The van der Waals surface area contributed by atoms with Crippen LogP contribution in [0.5, 0.6) is 11.5 Å². The van der Waals surface area contributed by atoms with Crippen molar-refractivity contribution in [1.82, 2.24) is 4.90 Å². The molecule has 2 saturated heterocycles. The van der Waals surface area contributed by atoms with E-state index in [1.807, 2.05) is 19.9 Å². The van der Waals surface area contributed by atoms with E-state index in [0.717, 1.165) is 19.4 Å². The summed E-state index contributed by atoms with van der Waals surface area (Å²) in [5.41, 5.74) is 2.37. The Bertz CT molecular complexity index is 766. The van der Waals surface area contributed by atoms with Crippen molar-refractivity contribution >= 4 is 0 Å². The number of piperidine rings is 1. The molecule has 1 aliphatic carbocycles. The summed E-state index contributed by atoms with van der Waals surface area (Å²) in [5, 5.41) is 10.6. The Labute approximate surface area is 195 Å². The van der Waals surface area contributed by atoms with Crippen LogP contribution in [0.3, 0.4) is 0 Å². The molecule has 32 heavy (non-hydrogen) atoms. The third-order valence-corrected chi connectivity index (χ3v) is 8.32. The second kappa shape index (κ2) is 10.3. The second-order valence-electron chi connectivity index (χ2n) is 9.78. The van der Waals surface area contributed by atoms with Crippen molar-refractivity contribution in [3.05, 3.63) is 23.3 Å². The number of nitrogens with zero attached hydrogens (tertiary/aromatic N) is 1. The number of hydrogen-bond acceptors (Lipinski definition) is 5. The van der Waals surface area contributed by atoms with Crippen molar-refractivity contribution < 1.29 is 19.3 Å². The molecule has 1 aromatic carbocycles. The standard InChI is InChI=1S/C21H29NO4.C4H10.C2H6/c1-11-5-6-16(23)19-17(11)21-7-8-22(4)12(2)15(21)9-14-13(3)24-10-25-18(14)20(21)26-19;1-3-4-2;1-2/h5-6,12-15,18,20,23H,7-10H2,1-4H3;3-4H2,1-2H3;1-2H3/t12?,13?,14?,15?,18?,20-,21?;;/m0../s1. The zero-order valence-electron chi connectivity index (χ0n) is 21.5. The molecule has 5 rings (SSSR count). The van der Waals surface area contributed by atoms with Crippen LogP contribution >= 0.6 is 0 Å². The molecule has 1 aromatic rings. The van der Waals surface area contributed by atoms with E-state index in [9.17, 15) is 5.11 Å². The molecule has 1 saturated carbocycles. The summed E-state index contributed by atoms with van der Waals surface area (Å²) < 4.78 is 18.5. The van der Waals surface area contributed by atoms with Gasteiger partial charge in [-0.3, -0.25) is 0 Å². The molecular formula is C27H45NO4. The van der Waals surface area contributed by atoms with Crippen LogP contribution in [0.2, 0.25) is 0 Å². The first-order chi connectivity index (χ1) is 15.4. The maximum absolute atomic E-state index is 10.6. The summed E-state index contributed by atoms with van der Waals surface area (Å²) >= 11 is 0. The zero-order chi connectivity index (χ0) is 23.6. The number of likely N-dealkylation sites (tertiary alicyclic amines) is 1. The topological polar surface area (TPSA) is 51.2 Å². The number of phenols is 1. The predicted molar refractivity (Wildman–Crippen MR) is 129 cm³/mol. The minimum Gasteiger partial charge on any atom is -0.504 e. The molecule has 3 fully saturated rings. The molecule has 4 aliphatic rings. The minimum atomic E-state index is -0.0810. The number of fused-ring (bicyclic) bond motifs is 3. The van der Waals surface area contributed by atoms with Crippen LogP contribution in [0, 0.1) is 18.8 Å². The van der Waals surface area contributed by atoms with Crippen LogP contribution in [0.15, 0.2) is 12.1 Å². The molecule has 0 aromatic heterocycles. The average Bonchev–Trinajstić information content (AvgIpc) is 3.17. The van der Waals surface area contributed by atoms with Gasteiger partial charge in [0, 0.05) is 22.9 Å². The van der Waals surface area contributed by atoms with Gasteiger partial charge in [-0.2, -0.15) is 0 Å². The van der Waals surface area contributed by atoms with Crippen LogP contribution < -0.4 is 4.74 Å². The maximum atomic E-state index is 10.6. The Morgan fingerprint density at radius 2 is 1.81 bits per heavy atom. The SMILES string of the molecule is CC.CCCC.Cc1ccc(O)c2c1C13CCN(C)C(C)C1CC1C(C)OCOC1[C@@H]3O2. The van der Waals surface area contributed by atoms with Crippen LogP contribution in [-0.4, -0.2) is 54.7 Å². The second-order valence-corrected chi connectivity index (χ2v) is 9.78. The smallest absolute Gasteiger partial charge is 0.165 e. The van der Waals surface area contributed by atoms with Crippen LogP contribution in [0.1, 0.15) is 78.4 Å². The molecule has 182 valence electrons. The number of rotatable bonds is 1. The average molecular weight is 448 g/mol. The summed E-state index contributed by atoms with van der Waals surface area (Å²) in [5.74, 6) is 1.75. The van der Waals surface area contributed by atoms with Gasteiger partial charge in [-0.15, -0.1) is 0 Å². The fourth-order valence-electron chi connectivity index (χ4n) is 6.33. The lowest BCUT2D eigenvalue weighted by Crippen LogP contribution is -2.68. The summed E-state index contributed by atoms with van der Waals surface area (Å²) in [7, 11) is 2.22. The number of benzene rings is 1. The Morgan fingerprint density at radius 1 is 1.12 bits per heavy atom. The first kappa shape index (κ1) is 25.3. The van der Waals surface area contributed by atoms with E-state index in [1.54, 1.807) is 6.07 Å². The molecule has 0 amide bonds. The normalized spacial score (nSPS) is 37.2. The number of aryl methyl sites for hydroxylation is 1. The minimum absolute atomic E-state index is 0.0248. The number of aromatic hydroxyl groups is 1. The number of hydrogen-bond donors (Lipinski definition) is 1. The van der Waals surface area contributed by atoms with Crippen molar-refractivity contribution in [3.63, 3.8) is 0 Å². The van der Waals surface area contributed by atoms with E-state index in [1.165, 1.54) is 24.0 Å². The zero-order valence-corrected chi connectivity index (χ0v) is 21.5. The molecular weight excluding hydrogens is 402 g/mol. The van der Waals surface area contributed by atoms with Gasteiger partial charge in [0.1, 0.15) is 19.0 Å². The lowest BCUT2D eigenvalue weighted by molar-refractivity contribution is -0.256. The van der Waals surface area contributed by atoms with E-state index < -0.39 is 0 Å². The Morgan fingerprint density at radius 3 is 2.47 bits per heavy atom. The van der Waals surface area contributed by atoms with Gasteiger partial charge in [0.15, 0.2) is 11.5 Å². The van der Waals surface area contributed by atoms with Gasteiger partial charge in [0.2, 0.25) is 0 Å². The van der Waals surface area contributed by atoms with Crippen molar-refractivity contribution in [2.24, 2.45) is 11.8 Å². The van der Waals surface area contributed by atoms with E-state index in [4.69, 9.17) is 14.2 Å². The molecule has 3 heterocycles. The van der Waals surface area contributed by atoms with Gasteiger partial charge in [0.05, 0.1) is 6.10 Å². The van der Waals surface area contributed by atoms with Crippen LogP contribution in [0.4, 0.5) is 0 Å². The van der Waals surface area contributed by atoms with Gasteiger partial charge in [-0.25, -0.2) is 0 Å². The number of unbranched alkanes of at least 4 members (excludes halogenated alkanes) is 1. The lowest BCUT2D eigenvalue weighted by atomic mass is 9.52. The first-order valence-corrected chi connectivity index (χ1v) is 12.8. The molecule has 6 unspecified atom stereocenters. The van der Waals surface area contributed by atoms with Gasteiger partial charge in [-0.1, -0.05) is 46.6 Å². The summed E-state index contributed by atoms with van der Waals surface area (Å²) in [6.45, 7) is 16.4. The van der Waals surface area contributed by atoms with Crippen molar-refractivity contribution in [1.29, 1.82) is 0 Å². The number of phenolic OH excluding ortho intramolecular Hbond substituents is 1. The highest BCUT2D eigenvalue weighted by molar-refractivity contribution is 5.58. The molecule has 0 radical (unpaired) electrons. The van der Waals surface area contributed by atoms with E-state index in [0.29, 0.717) is 30.4 Å². The summed E-state index contributed by atoms with van der Waals surface area (Å²) in [6, 6.07) is 4.26. The fourth-order valence-corrected chi connectivity index (χ4v) is 6.33. The van der Waals surface area contributed by atoms with Gasteiger partial charge in [0.25, 0.3) is 0 Å². The molecule has 5 heteroatoms. The summed E-state index contributed by atoms with van der Waals surface area (Å²) in [6.07, 6.45) is 4.91. The molecule has 0 bridgehead atoms. The maximum Gasteiger partial charge on any atom is 0.165 e.